The summed E-state index contributed by atoms with van der Waals surface area (Å²) in [6.07, 6.45) is -7.07. The van der Waals surface area contributed by atoms with Crippen LogP contribution in [0.1, 0.15) is 17.7 Å². The summed E-state index contributed by atoms with van der Waals surface area (Å²) < 4.78 is 10.9. The van der Waals surface area contributed by atoms with Crippen molar-refractivity contribution in [3.63, 3.8) is 0 Å². The summed E-state index contributed by atoms with van der Waals surface area (Å²) in [5.74, 6) is -4.66. The van der Waals surface area contributed by atoms with Crippen molar-refractivity contribution in [3.05, 3.63) is 32.6 Å². The molecule has 14 heteroatoms. The van der Waals surface area contributed by atoms with Crippen molar-refractivity contribution < 1.29 is 49.7 Å². The Balaban J connectivity index is 2.30. The van der Waals surface area contributed by atoms with Crippen LogP contribution >= 0.6 is 0 Å². The normalized spacial score (nSPS) is 26.2. The molecule has 0 amide bonds. The smallest absolute Gasteiger partial charge is 0.335 e. The Hall–Kier alpha value is -2.62. The summed E-state index contributed by atoms with van der Waals surface area (Å²) in [5.41, 5.74) is -2.64. The van der Waals surface area contributed by atoms with Crippen molar-refractivity contribution in [1.82, 2.24) is 9.55 Å². The first-order valence-corrected chi connectivity index (χ1v) is 8.28. The van der Waals surface area contributed by atoms with Crippen LogP contribution in [-0.4, -0.2) is 96.4 Å². The number of carboxylic acid groups (broad SMARTS) is 2. The molecule has 1 aromatic rings. The van der Waals surface area contributed by atoms with E-state index >= 15 is 0 Å². The Morgan fingerprint density at radius 3 is 2.31 bits per heavy atom. The van der Waals surface area contributed by atoms with E-state index < -0.39 is 85.1 Å². The second-order valence-electron chi connectivity index (χ2n) is 6.21. The second kappa shape index (κ2) is 9.25. The summed E-state index contributed by atoms with van der Waals surface area (Å²) in [5, 5.41) is 56.3. The quantitative estimate of drug-likeness (QED) is 0.201. The van der Waals surface area contributed by atoms with Gasteiger partial charge in [0.25, 0.3) is 5.56 Å². The molecule has 14 nitrogen and oxygen atoms in total. The zero-order valence-corrected chi connectivity index (χ0v) is 14.7. The molecule has 2 unspecified atom stereocenters. The molecule has 29 heavy (non-hydrogen) atoms. The molecule has 0 radical (unpaired) electrons. The van der Waals surface area contributed by atoms with Crippen molar-refractivity contribution in [2.45, 2.75) is 36.6 Å². The van der Waals surface area contributed by atoms with Crippen LogP contribution in [0.3, 0.4) is 0 Å². The molecule has 0 spiro atoms. The lowest BCUT2D eigenvalue weighted by Gasteiger charge is -2.19. The molecular formula is C15H20N2O12. The van der Waals surface area contributed by atoms with E-state index in [1.807, 2.05) is 4.98 Å². The highest BCUT2D eigenvalue weighted by atomic mass is 16.6. The Morgan fingerprint density at radius 2 is 1.79 bits per heavy atom. The van der Waals surface area contributed by atoms with Crippen LogP contribution in [0.2, 0.25) is 0 Å². The molecule has 2 heterocycles. The van der Waals surface area contributed by atoms with Crippen LogP contribution in [0.15, 0.2) is 15.8 Å². The Morgan fingerprint density at radius 1 is 1.14 bits per heavy atom. The van der Waals surface area contributed by atoms with E-state index in [-0.39, 0.29) is 0 Å². The number of hydrogen-bond acceptors (Lipinski definition) is 10. The van der Waals surface area contributed by atoms with Gasteiger partial charge in [0.2, 0.25) is 0 Å². The maximum absolute atomic E-state index is 12.1. The Labute approximate surface area is 161 Å². The van der Waals surface area contributed by atoms with Crippen LogP contribution in [0.5, 0.6) is 0 Å². The number of aromatic amines is 1. The molecule has 2 rings (SSSR count). The van der Waals surface area contributed by atoms with Gasteiger partial charge in [-0.2, -0.15) is 0 Å². The van der Waals surface area contributed by atoms with Gasteiger partial charge in [-0.3, -0.25) is 19.1 Å². The minimum absolute atomic E-state index is 0.490. The average molecular weight is 420 g/mol. The van der Waals surface area contributed by atoms with Crippen LogP contribution in [0.25, 0.3) is 0 Å². The van der Waals surface area contributed by atoms with Crippen molar-refractivity contribution in [2.75, 3.05) is 19.8 Å². The summed E-state index contributed by atoms with van der Waals surface area (Å²) in [6.45, 7) is -2.36. The van der Waals surface area contributed by atoms with Gasteiger partial charge in [-0.25, -0.2) is 9.59 Å². The number of rotatable bonds is 9. The summed E-state index contributed by atoms with van der Waals surface area (Å²) in [6, 6.07) is 0. The molecule has 7 N–H and O–H groups in total. The van der Waals surface area contributed by atoms with Crippen molar-refractivity contribution in [1.29, 1.82) is 0 Å². The zero-order chi connectivity index (χ0) is 21.9. The fourth-order valence-corrected chi connectivity index (χ4v) is 2.76. The first-order chi connectivity index (χ1) is 13.6. The van der Waals surface area contributed by atoms with Crippen LogP contribution in [-0.2, 0) is 19.1 Å². The largest absolute Gasteiger partial charge is 0.481 e. The van der Waals surface area contributed by atoms with Gasteiger partial charge in [0, 0.05) is 6.20 Å². The number of aliphatic carboxylic acids is 2. The van der Waals surface area contributed by atoms with Crippen molar-refractivity contribution in [2.24, 2.45) is 0 Å². The number of hydrogen-bond donors (Lipinski definition) is 7. The first-order valence-electron chi connectivity index (χ1n) is 8.28. The average Bonchev–Trinajstić information content (AvgIpc) is 2.92. The third-order valence-electron chi connectivity index (χ3n) is 4.37. The standard InChI is InChI=1S/C15H20N2O12/c18-2-6(13(23)24)5-1-17(15(27)16-11(5)22)12-10(21)9(20)8(29-12)4-28-7(3-19)14(25)26/h1,6-10,12,18-21H,2-4H2,(H,23,24)(H,25,26)(H,16,22,27)/t6?,7?,8-,9-,10-,12-/m1/s1. The van der Waals surface area contributed by atoms with E-state index in [2.05, 4.69) is 0 Å². The molecule has 1 aliphatic heterocycles. The van der Waals surface area contributed by atoms with Crippen LogP contribution in [0, 0.1) is 0 Å². The van der Waals surface area contributed by atoms with Gasteiger partial charge in [0.05, 0.1) is 25.4 Å². The molecular weight excluding hydrogens is 400 g/mol. The molecule has 0 aromatic carbocycles. The molecule has 1 aromatic heterocycles. The molecule has 1 fully saturated rings. The summed E-state index contributed by atoms with van der Waals surface area (Å²) in [4.78, 5) is 47.9. The van der Waals surface area contributed by atoms with E-state index in [0.717, 1.165) is 6.20 Å². The number of nitrogens with one attached hydrogen (secondary N) is 1. The molecule has 0 bridgehead atoms. The Bertz CT molecular complexity index is 864. The number of aliphatic hydroxyl groups excluding tert-OH is 4. The number of ether oxygens (including phenoxy) is 2. The first kappa shape index (κ1) is 22.7. The lowest BCUT2D eigenvalue weighted by Crippen LogP contribution is -2.40. The predicted octanol–water partition coefficient (Wildman–Crippen LogP) is -4.22. The van der Waals surface area contributed by atoms with E-state index in [9.17, 15) is 34.5 Å². The number of H-pyrrole nitrogens is 1. The maximum Gasteiger partial charge on any atom is 0.335 e. The highest BCUT2D eigenvalue weighted by molar-refractivity contribution is 5.75. The number of aliphatic hydroxyl groups is 4. The van der Waals surface area contributed by atoms with Crippen LogP contribution < -0.4 is 11.2 Å². The topological polar surface area (TPSA) is 229 Å². The number of carboxylic acids is 2. The van der Waals surface area contributed by atoms with E-state index in [1.165, 1.54) is 0 Å². The summed E-state index contributed by atoms with van der Waals surface area (Å²) >= 11 is 0. The van der Waals surface area contributed by atoms with Gasteiger partial charge in [-0.15, -0.1) is 0 Å². The summed E-state index contributed by atoms with van der Waals surface area (Å²) in [7, 11) is 0. The van der Waals surface area contributed by atoms with Crippen LogP contribution in [0.4, 0.5) is 0 Å². The fourth-order valence-electron chi connectivity index (χ4n) is 2.76. The van der Waals surface area contributed by atoms with E-state index in [4.69, 9.17) is 24.8 Å². The van der Waals surface area contributed by atoms with Gasteiger partial charge < -0.3 is 40.1 Å². The van der Waals surface area contributed by atoms with Gasteiger partial charge in [0.1, 0.15) is 24.2 Å². The molecule has 0 aliphatic carbocycles. The number of aromatic nitrogens is 2. The minimum atomic E-state index is -1.73. The zero-order valence-electron chi connectivity index (χ0n) is 14.7. The third-order valence-corrected chi connectivity index (χ3v) is 4.37. The molecule has 0 saturated carbocycles. The fraction of sp³-hybridized carbons (Fsp3) is 0.600. The monoisotopic (exact) mass is 420 g/mol. The van der Waals surface area contributed by atoms with Crippen molar-refractivity contribution in [3.8, 4) is 0 Å². The third kappa shape index (κ3) is 4.69. The maximum atomic E-state index is 12.1. The highest BCUT2D eigenvalue weighted by Gasteiger charge is 2.45. The molecule has 162 valence electrons. The van der Waals surface area contributed by atoms with Gasteiger partial charge >= 0.3 is 17.6 Å². The molecule has 1 saturated heterocycles. The lowest BCUT2D eigenvalue weighted by molar-refractivity contribution is -0.158. The number of nitrogens with zero attached hydrogens (tertiary/aromatic N) is 1. The minimum Gasteiger partial charge on any atom is -0.481 e. The number of carbonyl (C=O) groups is 2. The molecule has 1 aliphatic rings. The van der Waals surface area contributed by atoms with Gasteiger partial charge in [-0.1, -0.05) is 0 Å². The van der Waals surface area contributed by atoms with E-state index in [1.54, 1.807) is 0 Å². The SMILES string of the molecule is O=C(O)C(CO)OC[C@H]1O[C@@H](n2cc(C(CO)C(=O)O)c(=O)[nH]c2=O)[C@H](O)[C@@H]1O. The second-order valence-corrected chi connectivity index (χ2v) is 6.21. The van der Waals surface area contributed by atoms with Gasteiger partial charge in [-0.05, 0) is 0 Å². The predicted molar refractivity (Wildman–Crippen MR) is 89.2 cm³/mol. The lowest BCUT2D eigenvalue weighted by atomic mass is 10.0. The Kier molecular flexibility index (Phi) is 7.23. The van der Waals surface area contributed by atoms with Gasteiger partial charge in [0.15, 0.2) is 12.3 Å². The van der Waals surface area contributed by atoms with E-state index in [0.29, 0.717) is 4.57 Å². The highest BCUT2D eigenvalue weighted by Crippen LogP contribution is 2.29. The van der Waals surface area contributed by atoms with Crippen molar-refractivity contribution >= 4 is 11.9 Å². The molecule has 6 atom stereocenters.